The minimum atomic E-state index is 0.344. The van der Waals surface area contributed by atoms with E-state index in [0.717, 1.165) is 0 Å². The molecule has 0 aliphatic heterocycles. The van der Waals surface area contributed by atoms with Crippen molar-refractivity contribution in [3.63, 3.8) is 0 Å². The van der Waals surface area contributed by atoms with Crippen LogP contribution < -0.4 is 0 Å². The third-order valence-electron chi connectivity index (χ3n) is 3.96. The fourth-order valence-electron chi connectivity index (χ4n) is 2.62. The van der Waals surface area contributed by atoms with Crippen molar-refractivity contribution in [1.29, 1.82) is 0 Å². The topological polar surface area (TPSA) is 0 Å². The van der Waals surface area contributed by atoms with Crippen molar-refractivity contribution in [2.75, 3.05) is 0 Å². The predicted octanol–water partition coefficient (Wildman–Crippen LogP) is 6.10. The number of rotatable bonds is 15. The van der Waals surface area contributed by atoms with Crippen molar-refractivity contribution >= 4 is 9.52 Å². The van der Waals surface area contributed by atoms with Crippen molar-refractivity contribution in [1.82, 2.24) is 0 Å². The van der Waals surface area contributed by atoms with E-state index in [-0.39, 0.29) is 0 Å². The van der Waals surface area contributed by atoms with E-state index in [0.29, 0.717) is 9.52 Å². The molecule has 18 heavy (non-hydrogen) atoms. The maximum atomic E-state index is 2.32. The van der Waals surface area contributed by atoms with Gasteiger partial charge in [0, 0.05) is 9.52 Å². The zero-order valence-corrected chi connectivity index (χ0v) is 14.7. The predicted molar refractivity (Wildman–Crippen MR) is 89.5 cm³/mol. The Labute approximate surface area is 119 Å². The molecular weight excluding hydrogens is 232 g/mol. The molecule has 0 bridgehead atoms. The highest BCUT2D eigenvalue weighted by molar-refractivity contribution is 6.35. The first-order valence-corrected chi connectivity index (χ1v) is 10.9. The Hall–Kier alpha value is 0.217. The molecule has 0 heterocycles. The molecule has 0 aliphatic carbocycles. The van der Waals surface area contributed by atoms with Gasteiger partial charge in [0.2, 0.25) is 0 Å². The monoisotopic (exact) mass is 270 g/mol. The smallest absolute Gasteiger partial charge is 0.0197 e. The van der Waals surface area contributed by atoms with Crippen molar-refractivity contribution in [3.05, 3.63) is 0 Å². The Balaban J connectivity index is 2.86. The first kappa shape index (κ1) is 18.2. The maximum Gasteiger partial charge on any atom is 0.0197 e. The van der Waals surface area contributed by atoms with E-state index in [1.54, 1.807) is 18.5 Å². The van der Waals surface area contributed by atoms with E-state index >= 15 is 0 Å². The summed E-state index contributed by atoms with van der Waals surface area (Å²) in [7, 11) is 0.344. The lowest BCUT2D eigenvalue weighted by Gasteiger charge is -2.02. The fraction of sp³-hybridized carbons (Fsp3) is 1.00. The molecule has 0 amide bonds. The van der Waals surface area contributed by atoms with Crippen LogP contribution in [0.4, 0.5) is 0 Å². The van der Waals surface area contributed by atoms with Crippen molar-refractivity contribution in [2.24, 2.45) is 0 Å². The lowest BCUT2D eigenvalue weighted by Crippen LogP contribution is -1.89. The summed E-state index contributed by atoms with van der Waals surface area (Å²) >= 11 is 0. The summed E-state index contributed by atoms with van der Waals surface area (Å²) < 4.78 is 0. The van der Waals surface area contributed by atoms with Gasteiger partial charge >= 0.3 is 0 Å². The second kappa shape index (κ2) is 17.2. The molecule has 0 aromatic carbocycles. The van der Waals surface area contributed by atoms with Gasteiger partial charge in [0.15, 0.2) is 0 Å². The molecule has 0 nitrogen and oxygen atoms in total. The van der Waals surface area contributed by atoms with Gasteiger partial charge in [-0.1, -0.05) is 109 Å². The van der Waals surface area contributed by atoms with E-state index in [9.17, 15) is 0 Å². The first-order chi connectivity index (χ1) is 8.91. The molecule has 1 heteroatoms. The molecule has 0 saturated carbocycles. The van der Waals surface area contributed by atoms with Crippen molar-refractivity contribution < 1.29 is 0 Å². The van der Waals surface area contributed by atoms with Crippen LogP contribution in [-0.4, -0.2) is 9.52 Å². The van der Waals surface area contributed by atoms with Crippen LogP contribution in [0, 0.1) is 0 Å². The van der Waals surface area contributed by atoms with E-state index in [4.69, 9.17) is 0 Å². The molecule has 0 aromatic rings. The SMILES string of the molecule is CCCCCCCCCCCCC[SiH2]CCCC. The molecule has 110 valence electrons. The molecule has 0 N–H and O–H groups in total. The first-order valence-electron chi connectivity index (χ1n) is 8.91. The van der Waals surface area contributed by atoms with Gasteiger partial charge in [-0.15, -0.1) is 0 Å². The minimum Gasteiger partial charge on any atom is -0.0654 e. The molecular formula is C17H38Si. The Morgan fingerprint density at radius 3 is 1.33 bits per heavy atom. The summed E-state index contributed by atoms with van der Waals surface area (Å²) in [5.41, 5.74) is 0. The third-order valence-corrected chi connectivity index (χ3v) is 5.96. The molecule has 0 spiro atoms. The van der Waals surface area contributed by atoms with Crippen LogP contribution in [0.15, 0.2) is 0 Å². The second-order valence-corrected chi connectivity index (χ2v) is 8.07. The Morgan fingerprint density at radius 1 is 0.444 bits per heavy atom. The van der Waals surface area contributed by atoms with Crippen LogP contribution >= 0.6 is 0 Å². The summed E-state index contributed by atoms with van der Waals surface area (Å²) in [6, 6.07) is 3.23. The van der Waals surface area contributed by atoms with Crippen molar-refractivity contribution in [3.8, 4) is 0 Å². The Kier molecular flexibility index (Phi) is 17.4. The lowest BCUT2D eigenvalue weighted by molar-refractivity contribution is 0.554. The zero-order chi connectivity index (χ0) is 13.3. The van der Waals surface area contributed by atoms with Gasteiger partial charge in [-0.25, -0.2) is 0 Å². The van der Waals surface area contributed by atoms with Gasteiger partial charge in [0.25, 0.3) is 0 Å². The standard InChI is InChI=1S/C17H38Si/c1-3-5-7-8-9-10-11-12-13-14-15-17-18-16-6-4-2/h3-18H2,1-2H3. The summed E-state index contributed by atoms with van der Waals surface area (Å²) in [6.45, 7) is 4.61. The van der Waals surface area contributed by atoms with Crippen LogP contribution in [0.2, 0.25) is 12.1 Å². The molecule has 0 radical (unpaired) electrons. The van der Waals surface area contributed by atoms with Crippen LogP contribution in [0.25, 0.3) is 0 Å². The highest BCUT2D eigenvalue weighted by Crippen LogP contribution is 2.12. The molecule has 0 unspecified atom stereocenters. The van der Waals surface area contributed by atoms with Gasteiger partial charge in [0.1, 0.15) is 0 Å². The summed E-state index contributed by atoms with van der Waals surface area (Å²) in [5.74, 6) is 0. The van der Waals surface area contributed by atoms with Crippen LogP contribution in [0.1, 0.15) is 97.3 Å². The van der Waals surface area contributed by atoms with E-state index in [2.05, 4.69) is 13.8 Å². The van der Waals surface area contributed by atoms with Gasteiger partial charge in [-0.2, -0.15) is 0 Å². The van der Waals surface area contributed by atoms with Gasteiger partial charge in [0.05, 0.1) is 0 Å². The second-order valence-electron chi connectivity index (χ2n) is 5.95. The van der Waals surface area contributed by atoms with Crippen LogP contribution in [-0.2, 0) is 0 Å². The third kappa shape index (κ3) is 16.2. The van der Waals surface area contributed by atoms with Gasteiger partial charge in [-0.3, -0.25) is 0 Å². The molecule has 0 aromatic heterocycles. The highest BCUT2D eigenvalue weighted by Gasteiger charge is 1.93. The van der Waals surface area contributed by atoms with Crippen LogP contribution in [0.3, 0.4) is 0 Å². The molecule has 0 rings (SSSR count). The Bertz CT molecular complexity index is 118. The van der Waals surface area contributed by atoms with Crippen LogP contribution in [0.5, 0.6) is 0 Å². The summed E-state index contributed by atoms with van der Waals surface area (Å²) in [6.07, 6.45) is 19.3. The zero-order valence-electron chi connectivity index (χ0n) is 13.3. The highest BCUT2D eigenvalue weighted by atomic mass is 28.2. The lowest BCUT2D eigenvalue weighted by atomic mass is 10.1. The van der Waals surface area contributed by atoms with Gasteiger partial charge < -0.3 is 0 Å². The molecule has 0 atom stereocenters. The normalized spacial score (nSPS) is 11.7. The Morgan fingerprint density at radius 2 is 0.833 bits per heavy atom. The quantitative estimate of drug-likeness (QED) is 0.249. The molecule has 0 aliphatic rings. The number of unbranched alkanes of at least 4 members (excludes halogenated alkanes) is 11. The van der Waals surface area contributed by atoms with E-state index in [1.807, 2.05) is 0 Å². The fourth-order valence-corrected chi connectivity index (χ4v) is 4.54. The van der Waals surface area contributed by atoms with E-state index in [1.165, 1.54) is 77.0 Å². The number of hydrogen-bond acceptors (Lipinski definition) is 0. The number of hydrogen-bond donors (Lipinski definition) is 0. The van der Waals surface area contributed by atoms with E-state index < -0.39 is 0 Å². The van der Waals surface area contributed by atoms with Gasteiger partial charge in [-0.05, 0) is 0 Å². The molecule has 0 fully saturated rings. The largest absolute Gasteiger partial charge is 0.0654 e. The maximum absolute atomic E-state index is 2.32. The molecule has 0 saturated heterocycles. The summed E-state index contributed by atoms with van der Waals surface area (Å²) in [4.78, 5) is 0. The summed E-state index contributed by atoms with van der Waals surface area (Å²) in [5, 5.41) is 0. The average Bonchev–Trinajstić information content (AvgIpc) is 2.39. The average molecular weight is 271 g/mol. The van der Waals surface area contributed by atoms with Crippen molar-refractivity contribution in [2.45, 2.75) is 109 Å². The minimum absolute atomic E-state index is 0.344.